The van der Waals surface area contributed by atoms with Gasteiger partial charge >= 0.3 is 47.5 Å². The van der Waals surface area contributed by atoms with Crippen LogP contribution in [0, 0.1) is 69.5 Å². The molecule has 3 heterocycles. The van der Waals surface area contributed by atoms with Crippen molar-refractivity contribution >= 4 is 17.9 Å². The lowest BCUT2D eigenvalue weighted by Crippen LogP contribution is -2.70. The number of esters is 3. The molecule has 392 valence electrons. The van der Waals surface area contributed by atoms with Gasteiger partial charge in [0.25, 0.3) is 0 Å². The van der Waals surface area contributed by atoms with Gasteiger partial charge in [0.1, 0.15) is 45.2 Å². The molecular weight excluding hydrogens is 958 g/mol. The van der Waals surface area contributed by atoms with Gasteiger partial charge in [0, 0.05) is 42.4 Å². The van der Waals surface area contributed by atoms with Crippen LogP contribution in [0.4, 0.5) is 43.9 Å². The minimum Gasteiger partial charge on any atom is -0.464 e. The van der Waals surface area contributed by atoms with Crippen LogP contribution in [0.25, 0.3) is 0 Å². The monoisotopic (exact) mass is 1020 g/mol. The molecule has 3 saturated heterocycles. The van der Waals surface area contributed by atoms with E-state index in [4.69, 9.17) is 42.6 Å². The Bertz CT molecular complexity index is 1980. The van der Waals surface area contributed by atoms with Crippen molar-refractivity contribution in [3.63, 3.8) is 0 Å². The van der Waals surface area contributed by atoms with E-state index in [2.05, 4.69) is 0 Å². The van der Waals surface area contributed by atoms with E-state index in [9.17, 15) is 58.3 Å². The summed E-state index contributed by atoms with van der Waals surface area (Å²) in [7, 11) is 0. The van der Waals surface area contributed by atoms with Crippen molar-refractivity contribution in [1.82, 2.24) is 0 Å². The van der Waals surface area contributed by atoms with Gasteiger partial charge in [0.2, 0.25) is 0 Å². The molecular formula is C48H58F10O12. The van der Waals surface area contributed by atoms with Crippen molar-refractivity contribution in [2.75, 3.05) is 52.9 Å². The highest BCUT2D eigenvalue weighted by Gasteiger charge is 2.74. The Morgan fingerprint density at radius 3 is 1.09 bits per heavy atom. The van der Waals surface area contributed by atoms with Gasteiger partial charge in [-0.05, 0) is 114 Å². The summed E-state index contributed by atoms with van der Waals surface area (Å²) >= 11 is 0. The van der Waals surface area contributed by atoms with Crippen molar-refractivity contribution in [2.45, 2.75) is 156 Å². The van der Waals surface area contributed by atoms with E-state index in [1.807, 2.05) is 0 Å². The number of hydrogen-bond donors (Lipinski definition) is 0. The average molecular weight is 1020 g/mol. The summed E-state index contributed by atoms with van der Waals surface area (Å²) in [4.78, 5) is 41.7. The molecule has 12 nitrogen and oxygen atoms in total. The fourth-order valence-electron chi connectivity index (χ4n) is 16.9. The highest BCUT2D eigenvalue weighted by atomic mass is 19.3. The topological polar surface area (TPSA) is 134 Å². The number of carbonyl (C=O) groups excluding carboxylic acids is 3. The van der Waals surface area contributed by atoms with E-state index in [0.717, 1.165) is 0 Å². The van der Waals surface area contributed by atoms with Crippen LogP contribution in [0.1, 0.15) is 103 Å². The first-order valence-electron chi connectivity index (χ1n) is 24.9. The van der Waals surface area contributed by atoms with Crippen LogP contribution in [-0.4, -0.2) is 123 Å². The van der Waals surface area contributed by atoms with E-state index >= 15 is 0 Å². The molecule has 6 unspecified atom stereocenters. The number of rotatable bonds is 8. The lowest BCUT2D eigenvalue weighted by atomic mass is 9.47. The molecule has 6 atom stereocenters. The minimum atomic E-state index is -4.46. The third-order valence-corrected chi connectivity index (χ3v) is 19.7. The third kappa shape index (κ3) is 6.98. The standard InChI is InChI=1S/C48H58F10O12/c1-37(49,50)34(59)70-41-10-27-6-32(15-41)48(33(7-27)16-41)64-19-38(20-65-48,17-62-35(60)39-8-25-2-28(11-39)46(29(3-25)12-39)66-21-42(51,52)43(53,54)22-67-46)18-63-36(61)40-9-26-4-30(13-40)47(31(5-26)14-40)68-23-44(55,56)45(57,58)24-69-47/h25-33H,2-24H2,1H3. The fraction of sp³-hybridized carbons (Fsp3) is 0.938. The summed E-state index contributed by atoms with van der Waals surface area (Å²) in [5.41, 5.74) is -4.72. The molecule has 0 radical (unpaired) electrons. The molecule has 0 aromatic heterocycles. The average Bonchev–Trinajstić information content (AvgIpc) is 3.43. The predicted molar refractivity (Wildman–Crippen MR) is 213 cm³/mol. The van der Waals surface area contributed by atoms with Crippen LogP contribution >= 0.6 is 0 Å². The van der Waals surface area contributed by atoms with E-state index in [0.29, 0.717) is 64.7 Å². The Hall–Kier alpha value is -2.53. The summed E-state index contributed by atoms with van der Waals surface area (Å²) in [6.07, 6.45) is 4.84. The van der Waals surface area contributed by atoms with E-state index < -0.39 is 137 Å². The van der Waals surface area contributed by atoms with Crippen LogP contribution in [0.2, 0.25) is 0 Å². The molecule has 0 amide bonds. The Morgan fingerprint density at radius 2 is 0.757 bits per heavy atom. The molecule has 15 aliphatic rings. The number of halogens is 10. The lowest BCUT2D eigenvalue weighted by molar-refractivity contribution is -0.397. The zero-order valence-corrected chi connectivity index (χ0v) is 38.6. The van der Waals surface area contributed by atoms with Gasteiger partial charge in [0.05, 0.1) is 29.5 Å². The zero-order chi connectivity index (χ0) is 49.6. The molecule has 0 N–H and O–H groups in total. The van der Waals surface area contributed by atoms with Crippen LogP contribution < -0.4 is 0 Å². The Labute approximate surface area is 396 Å². The molecule has 12 aliphatic carbocycles. The molecule has 12 bridgehead atoms. The van der Waals surface area contributed by atoms with Crippen molar-refractivity contribution in [3.05, 3.63) is 0 Å². The number of hydrogen-bond acceptors (Lipinski definition) is 12. The van der Waals surface area contributed by atoms with E-state index in [-0.39, 0.29) is 94.5 Å². The molecule has 3 spiro atoms. The van der Waals surface area contributed by atoms with Crippen molar-refractivity contribution in [3.8, 4) is 0 Å². The van der Waals surface area contributed by atoms with Gasteiger partial charge < -0.3 is 42.6 Å². The largest absolute Gasteiger partial charge is 0.464 e. The van der Waals surface area contributed by atoms with Crippen LogP contribution in [0.3, 0.4) is 0 Å². The number of carbonyl (C=O) groups is 3. The Balaban J connectivity index is 0.779. The Morgan fingerprint density at radius 1 is 0.457 bits per heavy atom. The second kappa shape index (κ2) is 15.1. The molecule has 15 rings (SSSR count). The first-order chi connectivity index (χ1) is 32.6. The molecule has 15 fully saturated rings. The maximum atomic E-state index is 14.6. The molecule has 12 saturated carbocycles. The first kappa shape index (κ1) is 48.4. The summed E-state index contributed by atoms with van der Waals surface area (Å²) < 4.78 is 198. The molecule has 22 heteroatoms. The SMILES string of the molecule is CC(F)(F)C(=O)OC12CC3CC(C1)C1(OCC(COC(=O)C45CC6CC(C4)C4(OCC(F)(F)C(F)(F)CO4)C(C6)C5)(COC(=O)C45CC6CC(C4)C4(OCC(F)(F)C(F)(F)CO4)C(C6)C5)CO1)C(C3)C2. The summed E-state index contributed by atoms with van der Waals surface area (Å²) in [6, 6.07) is 0. The van der Waals surface area contributed by atoms with Crippen molar-refractivity contribution in [1.29, 1.82) is 0 Å². The summed E-state index contributed by atoms with van der Waals surface area (Å²) in [6.45, 7) is -6.74. The van der Waals surface area contributed by atoms with Crippen LogP contribution in [0.15, 0.2) is 0 Å². The van der Waals surface area contributed by atoms with Gasteiger partial charge in [0.15, 0.2) is 17.4 Å². The third-order valence-electron chi connectivity index (χ3n) is 19.7. The van der Waals surface area contributed by atoms with E-state index in [1.165, 1.54) is 0 Å². The first-order valence-corrected chi connectivity index (χ1v) is 24.9. The van der Waals surface area contributed by atoms with Gasteiger partial charge in [-0.2, -0.15) is 43.9 Å². The number of alkyl halides is 10. The van der Waals surface area contributed by atoms with Gasteiger partial charge in [-0.3, -0.25) is 9.59 Å². The summed E-state index contributed by atoms with van der Waals surface area (Å²) in [5.74, 6) is -32.5. The molecule has 0 aromatic rings. The maximum Gasteiger partial charge on any atom is 0.377 e. The van der Waals surface area contributed by atoms with Gasteiger partial charge in [-0.25, -0.2) is 4.79 Å². The molecule has 3 aliphatic heterocycles. The second-order valence-electron chi connectivity index (χ2n) is 24.4. The van der Waals surface area contributed by atoms with Crippen LogP contribution in [0.5, 0.6) is 0 Å². The summed E-state index contributed by atoms with van der Waals surface area (Å²) in [5, 5.41) is 0. The zero-order valence-electron chi connectivity index (χ0n) is 38.6. The lowest BCUT2D eigenvalue weighted by Gasteiger charge is -2.65. The van der Waals surface area contributed by atoms with Crippen molar-refractivity contribution < 1.29 is 101 Å². The number of ether oxygens (including phenoxy) is 9. The minimum absolute atomic E-state index is 0.0598. The highest BCUT2D eigenvalue weighted by molar-refractivity contribution is 5.79. The van der Waals surface area contributed by atoms with Crippen LogP contribution in [-0.2, 0) is 57.0 Å². The maximum absolute atomic E-state index is 14.6. The van der Waals surface area contributed by atoms with Crippen molar-refractivity contribution in [2.24, 2.45) is 69.5 Å². The molecule has 70 heavy (non-hydrogen) atoms. The normalized spacial score (nSPS) is 47.8. The quantitative estimate of drug-likeness (QED) is 0.132. The predicted octanol–water partition coefficient (Wildman–Crippen LogP) is 8.26. The fourth-order valence-corrected chi connectivity index (χ4v) is 16.9. The highest BCUT2D eigenvalue weighted by Crippen LogP contribution is 2.69. The van der Waals surface area contributed by atoms with Gasteiger partial charge in [-0.1, -0.05) is 0 Å². The second-order valence-corrected chi connectivity index (χ2v) is 24.4. The smallest absolute Gasteiger partial charge is 0.377 e. The van der Waals surface area contributed by atoms with Gasteiger partial charge in [-0.15, -0.1) is 0 Å². The molecule has 0 aromatic carbocycles. The van der Waals surface area contributed by atoms with E-state index in [1.54, 1.807) is 0 Å². The Kier molecular flexibility index (Phi) is 10.4.